The van der Waals surface area contributed by atoms with Crippen molar-refractivity contribution in [3.05, 3.63) is 65.2 Å². The Balaban J connectivity index is 1.47. The summed E-state index contributed by atoms with van der Waals surface area (Å²) in [5.74, 6) is -1.23. The Morgan fingerprint density at radius 3 is 2.81 bits per heavy atom. The van der Waals surface area contributed by atoms with Gasteiger partial charge in [0.25, 0.3) is 5.91 Å². The first-order valence-electron chi connectivity index (χ1n) is 8.82. The van der Waals surface area contributed by atoms with Crippen LogP contribution in [0.4, 0.5) is 8.78 Å². The first-order chi connectivity index (χ1) is 12.6. The van der Waals surface area contributed by atoms with Crippen LogP contribution in [-0.2, 0) is 11.2 Å². The predicted octanol–water partition coefficient (Wildman–Crippen LogP) is 2.53. The van der Waals surface area contributed by atoms with Crippen LogP contribution < -0.4 is 15.4 Å². The van der Waals surface area contributed by atoms with E-state index in [0.29, 0.717) is 18.5 Å². The highest BCUT2D eigenvalue weighted by molar-refractivity contribution is 5.83. The number of nitrogens with one attached hydrogen (secondary N) is 2. The first kappa shape index (κ1) is 17.0. The maximum absolute atomic E-state index is 13.6. The van der Waals surface area contributed by atoms with Gasteiger partial charge in [0.05, 0.1) is 0 Å². The Morgan fingerprint density at radius 1 is 1.15 bits per heavy atom. The SMILES string of the molecule is O=C(NC1CNCCC1c1ccc(F)c(F)c1)C1Cc2ccccc2O1. The number of carbonyl (C=O) groups excluding carboxylic acids is 1. The minimum Gasteiger partial charge on any atom is -0.480 e. The number of carbonyl (C=O) groups is 1. The van der Waals surface area contributed by atoms with Crippen molar-refractivity contribution in [3.8, 4) is 5.75 Å². The van der Waals surface area contributed by atoms with Crippen LogP contribution in [0.2, 0.25) is 0 Å². The molecule has 0 aromatic heterocycles. The predicted molar refractivity (Wildman–Crippen MR) is 93.1 cm³/mol. The van der Waals surface area contributed by atoms with Gasteiger partial charge in [-0.25, -0.2) is 8.78 Å². The standard InChI is InChI=1S/C20H20F2N2O2/c21-15-6-5-12(9-16(15)22)14-7-8-23-11-17(14)24-20(25)19-10-13-3-1-2-4-18(13)26-19/h1-6,9,14,17,19,23H,7-8,10-11H2,(H,24,25). The van der Waals surface area contributed by atoms with Crippen LogP contribution in [-0.4, -0.2) is 31.1 Å². The molecule has 26 heavy (non-hydrogen) atoms. The van der Waals surface area contributed by atoms with Gasteiger partial charge in [0.2, 0.25) is 0 Å². The zero-order valence-corrected chi connectivity index (χ0v) is 14.2. The van der Waals surface area contributed by atoms with Gasteiger partial charge in [0, 0.05) is 24.9 Å². The summed E-state index contributed by atoms with van der Waals surface area (Å²) in [6, 6.07) is 11.4. The van der Waals surface area contributed by atoms with Gasteiger partial charge in [-0.05, 0) is 42.3 Å². The number of piperidine rings is 1. The largest absolute Gasteiger partial charge is 0.480 e. The van der Waals surface area contributed by atoms with Gasteiger partial charge in [-0.15, -0.1) is 0 Å². The molecule has 4 rings (SSSR count). The Hall–Kier alpha value is -2.47. The quantitative estimate of drug-likeness (QED) is 0.887. The lowest BCUT2D eigenvalue weighted by molar-refractivity contribution is -0.128. The average molecular weight is 358 g/mol. The van der Waals surface area contributed by atoms with Crippen LogP contribution in [0, 0.1) is 11.6 Å². The molecule has 0 aliphatic carbocycles. The molecule has 0 spiro atoms. The fraction of sp³-hybridized carbons (Fsp3) is 0.350. The van der Waals surface area contributed by atoms with E-state index in [-0.39, 0.29) is 17.9 Å². The molecule has 3 unspecified atom stereocenters. The Morgan fingerprint density at radius 2 is 2.00 bits per heavy atom. The maximum Gasteiger partial charge on any atom is 0.261 e. The van der Waals surface area contributed by atoms with E-state index in [1.807, 2.05) is 24.3 Å². The molecule has 1 saturated heterocycles. The van der Waals surface area contributed by atoms with Crippen molar-refractivity contribution in [3.63, 3.8) is 0 Å². The molecule has 2 aromatic carbocycles. The molecule has 2 N–H and O–H groups in total. The highest BCUT2D eigenvalue weighted by Gasteiger charge is 2.33. The van der Waals surface area contributed by atoms with Gasteiger partial charge >= 0.3 is 0 Å². The summed E-state index contributed by atoms with van der Waals surface area (Å²) in [6.07, 6.45) is 0.722. The molecule has 3 atom stereocenters. The molecule has 1 fully saturated rings. The van der Waals surface area contributed by atoms with Crippen molar-refractivity contribution in [2.45, 2.75) is 30.9 Å². The van der Waals surface area contributed by atoms with Crippen molar-refractivity contribution in [2.75, 3.05) is 13.1 Å². The molecular weight excluding hydrogens is 338 g/mol. The van der Waals surface area contributed by atoms with Crippen LogP contribution in [0.3, 0.4) is 0 Å². The second-order valence-electron chi connectivity index (χ2n) is 6.81. The van der Waals surface area contributed by atoms with E-state index in [1.54, 1.807) is 6.07 Å². The molecule has 1 amide bonds. The Kier molecular flexibility index (Phi) is 4.59. The van der Waals surface area contributed by atoms with Gasteiger partial charge < -0.3 is 15.4 Å². The van der Waals surface area contributed by atoms with Crippen LogP contribution in [0.1, 0.15) is 23.5 Å². The summed E-state index contributed by atoms with van der Waals surface area (Å²) in [4.78, 5) is 12.7. The third-order valence-electron chi connectivity index (χ3n) is 5.12. The van der Waals surface area contributed by atoms with E-state index in [4.69, 9.17) is 4.74 Å². The normalized spacial score (nSPS) is 24.6. The number of hydrogen-bond donors (Lipinski definition) is 2. The number of para-hydroxylation sites is 1. The molecular formula is C20H20F2N2O2. The minimum atomic E-state index is -0.861. The number of rotatable bonds is 3. The van der Waals surface area contributed by atoms with E-state index >= 15 is 0 Å². The summed E-state index contributed by atoms with van der Waals surface area (Å²) < 4.78 is 32.6. The fourth-order valence-electron chi connectivity index (χ4n) is 3.76. The molecule has 2 aliphatic heterocycles. The molecule has 2 heterocycles. The topological polar surface area (TPSA) is 50.4 Å². The summed E-state index contributed by atoms with van der Waals surface area (Å²) in [6.45, 7) is 1.34. The fourth-order valence-corrected chi connectivity index (χ4v) is 3.76. The summed E-state index contributed by atoms with van der Waals surface area (Å²) in [7, 11) is 0. The number of ether oxygens (including phenoxy) is 1. The zero-order chi connectivity index (χ0) is 18.1. The zero-order valence-electron chi connectivity index (χ0n) is 14.2. The lowest BCUT2D eigenvalue weighted by atomic mass is 9.85. The van der Waals surface area contributed by atoms with Crippen molar-refractivity contribution >= 4 is 5.91 Å². The number of halogens is 2. The van der Waals surface area contributed by atoms with Crippen LogP contribution >= 0.6 is 0 Å². The van der Waals surface area contributed by atoms with E-state index in [9.17, 15) is 13.6 Å². The van der Waals surface area contributed by atoms with Crippen LogP contribution in [0.15, 0.2) is 42.5 Å². The number of hydrogen-bond acceptors (Lipinski definition) is 3. The number of amides is 1. The summed E-state index contributed by atoms with van der Waals surface area (Å²) in [5.41, 5.74) is 1.72. The van der Waals surface area contributed by atoms with Crippen molar-refractivity contribution < 1.29 is 18.3 Å². The van der Waals surface area contributed by atoms with Crippen molar-refractivity contribution in [1.82, 2.24) is 10.6 Å². The van der Waals surface area contributed by atoms with Crippen LogP contribution in [0.25, 0.3) is 0 Å². The van der Waals surface area contributed by atoms with E-state index in [2.05, 4.69) is 10.6 Å². The van der Waals surface area contributed by atoms with E-state index in [0.717, 1.165) is 30.3 Å². The molecule has 2 aliphatic rings. The van der Waals surface area contributed by atoms with Crippen LogP contribution in [0.5, 0.6) is 5.75 Å². The third kappa shape index (κ3) is 3.29. The molecule has 136 valence electrons. The van der Waals surface area contributed by atoms with Crippen molar-refractivity contribution in [2.24, 2.45) is 0 Å². The van der Waals surface area contributed by atoms with E-state index < -0.39 is 17.7 Å². The molecule has 4 nitrogen and oxygen atoms in total. The van der Waals surface area contributed by atoms with Gasteiger partial charge in [-0.1, -0.05) is 24.3 Å². The van der Waals surface area contributed by atoms with E-state index in [1.165, 1.54) is 6.07 Å². The smallest absolute Gasteiger partial charge is 0.261 e. The third-order valence-corrected chi connectivity index (χ3v) is 5.12. The second kappa shape index (κ2) is 7.03. The van der Waals surface area contributed by atoms with Gasteiger partial charge in [-0.3, -0.25) is 4.79 Å². The minimum absolute atomic E-state index is 0.0703. The lowest BCUT2D eigenvalue weighted by Gasteiger charge is -2.33. The Labute approximate surface area is 150 Å². The number of benzene rings is 2. The average Bonchev–Trinajstić information content (AvgIpc) is 3.09. The maximum atomic E-state index is 13.6. The monoisotopic (exact) mass is 358 g/mol. The molecule has 0 bridgehead atoms. The molecule has 6 heteroatoms. The highest BCUT2D eigenvalue weighted by atomic mass is 19.2. The van der Waals surface area contributed by atoms with Crippen molar-refractivity contribution in [1.29, 1.82) is 0 Å². The lowest BCUT2D eigenvalue weighted by Crippen LogP contribution is -2.53. The molecule has 0 radical (unpaired) electrons. The first-order valence-corrected chi connectivity index (χ1v) is 8.82. The summed E-state index contributed by atoms with van der Waals surface area (Å²) >= 11 is 0. The summed E-state index contributed by atoms with van der Waals surface area (Å²) in [5, 5.41) is 6.29. The highest BCUT2D eigenvalue weighted by Crippen LogP contribution is 2.30. The number of fused-ring (bicyclic) bond motifs is 1. The second-order valence-corrected chi connectivity index (χ2v) is 6.81. The Bertz CT molecular complexity index is 802. The molecule has 0 saturated carbocycles. The molecule has 2 aromatic rings. The van der Waals surface area contributed by atoms with Gasteiger partial charge in [-0.2, -0.15) is 0 Å². The van der Waals surface area contributed by atoms with Gasteiger partial charge in [0.1, 0.15) is 5.75 Å². The van der Waals surface area contributed by atoms with Gasteiger partial charge in [0.15, 0.2) is 17.7 Å².